The van der Waals surface area contributed by atoms with Crippen molar-refractivity contribution < 1.29 is 17.9 Å². The number of sulfonamides is 1. The molecule has 0 radical (unpaired) electrons. The molecule has 132 valence electrons. The number of rotatable bonds is 4. The Morgan fingerprint density at radius 2 is 2.00 bits per heavy atom. The lowest BCUT2D eigenvalue weighted by Crippen LogP contribution is -2.37. The van der Waals surface area contributed by atoms with Crippen LogP contribution in [0.4, 0.5) is 5.69 Å². The third-order valence-corrected chi connectivity index (χ3v) is 6.92. The van der Waals surface area contributed by atoms with Crippen LogP contribution in [0.5, 0.6) is 5.75 Å². The van der Waals surface area contributed by atoms with Gasteiger partial charge in [0.05, 0.1) is 5.69 Å². The predicted octanol–water partition coefficient (Wildman–Crippen LogP) is 3.17. The number of carbonyl (C=O) groups excluding carboxylic acids is 1. The molecule has 0 spiro atoms. The molecule has 1 heterocycles. The smallest absolute Gasteiger partial charge is 0.265 e. The summed E-state index contributed by atoms with van der Waals surface area (Å²) in [5, 5.41) is 2.75. The number of anilines is 1. The summed E-state index contributed by atoms with van der Waals surface area (Å²) in [6, 6.07) is 3.04. The molecule has 0 aromatic heterocycles. The van der Waals surface area contributed by atoms with Gasteiger partial charge in [0.25, 0.3) is 5.91 Å². The van der Waals surface area contributed by atoms with Crippen LogP contribution in [0.15, 0.2) is 21.5 Å². The maximum absolute atomic E-state index is 12.7. The molecule has 1 aromatic rings. The number of amides is 1. The Labute approximate surface area is 150 Å². The predicted molar refractivity (Wildman–Crippen MR) is 94.7 cm³/mol. The van der Waals surface area contributed by atoms with E-state index in [0.717, 1.165) is 32.1 Å². The topological polar surface area (TPSA) is 84.5 Å². The molecule has 2 N–H and O–H groups in total. The van der Waals surface area contributed by atoms with E-state index in [0.29, 0.717) is 22.3 Å². The second kappa shape index (κ2) is 7.01. The first kappa shape index (κ1) is 17.7. The van der Waals surface area contributed by atoms with Crippen molar-refractivity contribution in [3.63, 3.8) is 0 Å². The Morgan fingerprint density at radius 3 is 2.67 bits per heavy atom. The first-order valence-electron chi connectivity index (χ1n) is 8.24. The van der Waals surface area contributed by atoms with E-state index in [1.807, 2.05) is 6.92 Å². The Balaban J connectivity index is 1.89. The van der Waals surface area contributed by atoms with Gasteiger partial charge in [-0.2, -0.15) is 0 Å². The minimum Gasteiger partial charge on any atom is -0.478 e. The molecular weight excluding hydrogens is 396 g/mol. The molecule has 6 nitrogen and oxygen atoms in total. The van der Waals surface area contributed by atoms with Crippen molar-refractivity contribution in [2.75, 3.05) is 5.32 Å². The molecule has 1 amide bonds. The molecule has 0 bridgehead atoms. The van der Waals surface area contributed by atoms with E-state index >= 15 is 0 Å². The Bertz CT molecular complexity index is 745. The van der Waals surface area contributed by atoms with Gasteiger partial charge in [0.2, 0.25) is 10.0 Å². The fourth-order valence-electron chi connectivity index (χ4n) is 3.13. The number of carbonyl (C=O) groups is 1. The van der Waals surface area contributed by atoms with E-state index in [9.17, 15) is 13.2 Å². The SMILES string of the molecule is CCC1Oc2cc(S(=O)(=O)NC3CCCCC3)c(Br)cc2NC1=O. The largest absolute Gasteiger partial charge is 0.478 e. The number of halogens is 1. The molecule has 1 aliphatic heterocycles. The van der Waals surface area contributed by atoms with Gasteiger partial charge < -0.3 is 10.1 Å². The van der Waals surface area contributed by atoms with Gasteiger partial charge >= 0.3 is 0 Å². The number of benzene rings is 1. The third kappa shape index (κ3) is 3.60. The summed E-state index contributed by atoms with van der Waals surface area (Å²) in [4.78, 5) is 12.0. The van der Waals surface area contributed by atoms with E-state index < -0.39 is 16.1 Å². The van der Waals surface area contributed by atoms with E-state index in [1.54, 1.807) is 6.07 Å². The van der Waals surface area contributed by atoms with Gasteiger partial charge in [-0.15, -0.1) is 0 Å². The molecule has 1 unspecified atom stereocenters. The van der Waals surface area contributed by atoms with Gasteiger partial charge in [0, 0.05) is 16.6 Å². The van der Waals surface area contributed by atoms with Crippen molar-refractivity contribution in [2.24, 2.45) is 0 Å². The highest BCUT2D eigenvalue weighted by Crippen LogP contribution is 2.37. The molecule has 8 heteroatoms. The molecule has 1 saturated carbocycles. The van der Waals surface area contributed by atoms with Gasteiger partial charge in [-0.1, -0.05) is 26.2 Å². The van der Waals surface area contributed by atoms with Crippen molar-refractivity contribution in [3.05, 3.63) is 16.6 Å². The minimum absolute atomic E-state index is 0.0179. The van der Waals surface area contributed by atoms with Gasteiger partial charge in [-0.05, 0) is 41.3 Å². The molecule has 1 aromatic carbocycles. The molecule has 0 saturated heterocycles. The van der Waals surface area contributed by atoms with Gasteiger partial charge in [-0.25, -0.2) is 13.1 Å². The van der Waals surface area contributed by atoms with Gasteiger partial charge in [0.15, 0.2) is 6.10 Å². The van der Waals surface area contributed by atoms with Crippen molar-refractivity contribution >= 4 is 37.5 Å². The van der Waals surface area contributed by atoms with Crippen molar-refractivity contribution in [1.82, 2.24) is 4.72 Å². The lowest BCUT2D eigenvalue weighted by molar-refractivity contribution is -0.123. The first-order valence-corrected chi connectivity index (χ1v) is 10.5. The van der Waals surface area contributed by atoms with Crippen LogP contribution in [0, 0.1) is 0 Å². The molecule has 1 atom stereocenters. The minimum atomic E-state index is -3.65. The zero-order valence-corrected chi connectivity index (χ0v) is 15.9. The summed E-state index contributed by atoms with van der Waals surface area (Å²) in [5.74, 6) is 0.168. The normalized spacial score (nSPS) is 21.8. The lowest BCUT2D eigenvalue weighted by atomic mass is 9.96. The first-order chi connectivity index (χ1) is 11.4. The van der Waals surface area contributed by atoms with Crippen LogP contribution < -0.4 is 14.8 Å². The monoisotopic (exact) mass is 416 g/mol. The second-order valence-corrected chi connectivity index (χ2v) is 8.78. The molecule has 3 rings (SSSR count). The summed E-state index contributed by atoms with van der Waals surface area (Å²) >= 11 is 3.30. The van der Waals surface area contributed by atoms with E-state index in [1.165, 1.54) is 6.07 Å². The van der Waals surface area contributed by atoms with Gasteiger partial charge in [-0.3, -0.25) is 4.79 Å². The van der Waals surface area contributed by atoms with Crippen molar-refractivity contribution in [1.29, 1.82) is 0 Å². The quantitative estimate of drug-likeness (QED) is 0.788. The number of nitrogens with one attached hydrogen (secondary N) is 2. The Morgan fingerprint density at radius 1 is 1.29 bits per heavy atom. The molecule has 2 aliphatic rings. The van der Waals surface area contributed by atoms with Gasteiger partial charge in [0.1, 0.15) is 10.6 Å². The summed E-state index contributed by atoms with van der Waals surface area (Å²) in [5.41, 5.74) is 0.480. The molecular formula is C16H21BrN2O4S. The number of hydrogen-bond acceptors (Lipinski definition) is 4. The van der Waals surface area contributed by atoms with E-state index in [-0.39, 0.29) is 16.8 Å². The van der Waals surface area contributed by atoms with Crippen molar-refractivity contribution in [2.45, 2.75) is 62.5 Å². The van der Waals surface area contributed by atoms with Crippen molar-refractivity contribution in [3.8, 4) is 5.75 Å². The summed E-state index contributed by atoms with van der Waals surface area (Å²) in [6.07, 6.45) is 4.91. The average molecular weight is 417 g/mol. The highest BCUT2D eigenvalue weighted by atomic mass is 79.9. The third-order valence-electron chi connectivity index (χ3n) is 4.44. The van der Waals surface area contributed by atoms with E-state index in [2.05, 4.69) is 26.0 Å². The fraction of sp³-hybridized carbons (Fsp3) is 0.562. The number of ether oxygens (including phenoxy) is 1. The highest BCUT2D eigenvalue weighted by Gasteiger charge is 2.30. The zero-order valence-electron chi connectivity index (χ0n) is 13.5. The van der Waals surface area contributed by atoms with Crippen LogP contribution in [-0.2, 0) is 14.8 Å². The van der Waals surface area contributed by atoms with Crippen LogP contribution in [0.1, 0.15) is 45.4 Å². The molecule has 24 heavy (non-hydrogen) atoms. The Kier molecular flexibility index (Phi) is 5.17. The van der Waals surface area contributed by atoms with E-state index in [4.69, 9.17) is 4.74 Å². The standard InChI is InChI=1S/C16H21BrN2O4S/c1-2-13-16(20)18-12-8-11(17)15(9-14(12)23-13)24(21,22)19-10-6-4-3-5-7-10/h8-10,13,19H,2-7H2,1H3,(H,18,20). The van der Waals surface area contributed by atoms with Crippen LogP contribution in [0.2, 0.25) is 0 Å². The Hall–Kier alpha value is -1.12. The highest BCUT2D eigenvalue weighted by molar-refractivity contribution is 9.10. The molecule has 1 aliphatic carbocycles. The van der Waals surface area contributed by atoms with Crippen LogP contribution in [0.3, 0.4) is 0 Å². The second-order valence-electron chi connectivity index (χ2n) is 6.24. The average Bonchev–Trinajstić information content (AvgIpc) is 2.54. The number of hydrogen-bond donors (Lipinski definition) is 2. The summed E-state index contributed by atoms with van der Waals surface area (Å²) < 4.78 is 34.3. The maximum Gasteiger partial charge on any atom is 0.265 e. The van der Waals surface area contributed by atoms with Crippen LogP contribution >= 0.6 is 15.9 Å². The lowest BCUT2D eigenvalue weighted by Gasteiger charge is -2.27. The maximum atomic E-state index is 12.7. The number of fused-ring (bicyclic) bond motifs is 1. The summed E-state index contributed by atoms with van der Waals surface area (Å²) in [7, 11) is -3.65. The zero-order chi connectivity index (χ0) is 17.3. The summed E-state index contributed by atoms with van der Waals surface area (Å²) in [6.45, 7) is 1.84. The van der Waals surface area contributed by atoms with Crippen LogP contribution in [0.25, 0.3) is 0 Å². The fourth-order valence-corrected chi connectivity index (χ4v) is 5.49. The van der Waals surface area contributed by atoms with Crippen LogP contribution in [-0.4, -0.2) is 26.5 Å². The molecule has 1 fully saturated rings.